The van der Waals surface area contributed by atoms with Crippen molar-refractivity contribution in [1.29, 1.82) is 0 Å². The van der Waals surface area contributed by atoms with Gasteiger partial charge in [-0.15, -0.1) is 0 Å². The van der Waals surface area contributed by atoms with E-state index in [0.29, 0.717) is 57.4 Å². The third-order valence-electron chi connectivity index (χ3n) is 9.04. The number of aliphatic hydroxyl groups excluding tert-OH is 1. The molecule has 1 saturated heterocycles. The Labute approximate surface area is 303 Å². The lowest BCUT2D eigenvalue weighted by atomic mass is 9.98. The van der Waals surface area contributed by atoms with Gasteiger partial charge in [-0.2, -0.15) is 0 Å². The summed E-state index contributed by atoms with van der Waals surface area (Å²) in [5.74, 6) is -4.06. The average molecular weight is 724 g/mol. The summed E-state index contributed by atoms with van der Waals surface area (Å²) >= 11 is 0. The van der Waals surface area contributed by atoms with Crippen LogP contribution in [0, 0.1) is 23.7 Å². The van der Waals surface area contributed by atoms with Crippen LogP contribution in [0.15, 0.2) is 0 Å². The molecule has 0 aromatic carbocycles. The van der Waals surface area contributed by atoms with Gasteiger partial charge in [-0.1, -0.05) is 61.8 Å². The number of likely N-dealkylation sites (tertiary alicyclic amines) is 1. The van der Waals surface area contributed by atoms with E-state index in [1.54, 1.807) is 41.5 Å². The number of nitrogens with zero attached hydrogens (tertiary/aromatic N) is 1. The van der Waals surface area contributed by atoms with Crippen LogP contribution in [0.25, 0.3) is 0 Å². The molecule has 0 aromatic heterocycles. The van der Waals surface area contributed by atoms with Crippen LogP contribution in [0.5, 0.6) is 0 Å². The van der Waals surface area contributed by atoms with Crippen molar-refractivity contribution in [2.24, 2.45) is 29.4 Å². The molecule has 0 radical (unpaired) electrons. The quantitative estimate of drug-likeness (QED) is 0.0771. The maximum atomic E-state index is 13.8. The van der Waals surface area contributed by atoms with Crippen molar-refractivity contribution in [1.82, 2.24) is 31.5 Å². The van der Waals surface area contributed by atoms with Gasteiger partial charge in [0.1, 0.15) is 36.5 Å². The van der Waals surface area contributed by atoms with Crippen LogP contribution >= 0.6 is 0 Å². The van der Waals surface area contributed by atoms with E-state index < -0.39 is 77.8 Å². The maximum absolute atomic E-state index is 13.8. The van der Waals surface area contributed by atoms with Gasteiger partial charge in [0.25, 0.3) is 0 Å². The van der Waals surface area contributed by atoms with Gasteiger partial charge < -0.3 is 47.1 Å². The molecule has 1 heterocycles. The maximum Gasteiger partial charge on any atom is 0.246 e. The molecule has 8 N–H and O–H groups in total. The molecule has 15 nitrogen and oxygen atoms in total. The van der Waals surface area contributed by atoms with E-state index in [4.69, 9.17) is 5.73 Å². The Hall–Kier alpha value is -3.59. The van der Waals surface area contributed by atoms with Gasteiger partial charge >= 0.3 is 0 Å². The number of nitrogens with two attached hydrogens (primary N) is 1. The lowest BCUT2D eigenvalue weighted by Gasteiger charge is -2.33. The summed E-state index contributed by atoms with van der Waals surface area (Å²) in [6, 6.07) is -6.13. The molecule has 1 aliphatic rings. The standard InChI is InChI=1S/C36H65N7O8/c1-20(2)13-10-16-27(46)39-28(21(3)4)33(48)42-31(24(9)45)35(50)40-29(22(5)6)34(49)41-30(23(7)8)36(51)43-18-12-15-26(43)32(47)38-25(19-44)14-11-17-37/h19-26,28-31,45H,10-18,37H2,1-9H3,(H,38,47)(H,39,46)(H,40,50)(H,41,49)(H,42,48)/t24?,25-,26+,28+,29-,30+,31-/m0/s1. The Morgan fingerprint density at radius 1 is 0.725 bits per heavy atom. The van der Waals surface area contributed by atoms with E-state index in [2.05, 4.69) is 40.4 Å². The van der Waals surface area contributed by atoms with Crippen molar-refractivity contribution in [2.75, 3.05) is 13.1 Å². The number of carbonyl (C=O) groups excluding carboxylic acids is 7. The van der Waals surface area contributed by atoms with Gasteiger partial charge in [-0.3, -0.25) is 28.8 Å². The third kappa shape index (κ3) is 14.9. The molecule has 0 saturated carbocycles. The Bertz CT molecular complexity index is 1180. The van der Waals surface area contributed by atoms with Gasteiger partial charge in [-0.25, -0.2) is 0 Å². The first-order chi connectivity index (χ1) is 23.9. The number of amides is 6. The van der Waals surface area contributed by atoms with Crippen LogP contribution in [0.3, 0.4) is 0 Å². The lowest BCUT2D eigenvalue weighted by Crippen LogP contribution is -2.62. The van der Waals surface area contributed by atoms with Crippen LogP contribution in [0.4, 0.5) is 0 Å². The second-order valence-corrected chi connectivity index (χ2v) is 15.1. The van der Waals surface area contributed by atoms with E-state index in [1.165, 1.54) is 11.8 Å². The Morgan fingerprint density at radius 3 is 1.73 bits per heavy atom. The fraction of sp³-hybridized carbons (Fsp3) is 0.806. The number of carbonyl (C=O) groups is 7. The first-order valence-electron chi connectivity index (χ1n) is 18.5. The summed E-state index contributed by atoms with van der Waals surface area (Å²) < 4.78 is 0. The van der Waals surface area contributed by atoms with Crippen molar-refractivity contribution < 1.29 is 38.7 Å². The molecule has 6 amide bonds. The number of aldehydes is 1. The molecule has 0 aromatic rings. The molecule has 51 heavy (non-hydrogen) atoms. The predicted molar refractivity (Wildman–Crippen MR) is 194 cm³/mol. The number of hydrogen-bond acceptors (Lipinski definition) is 9. The van der Waals surface area contributed by atoms with Crippen LogP contribution in [0.2, 0.25) is 0 Å². The Morgan fingerprint density at radius 2 is 1.24 bits per heavy atom. The number of aliphatic hydroxyl groups is 1. The number of rotatable bonds is 22. The fourth-order valence-corrected chi connectivity index (χ4v) is 5.91. The van der Waals surface area contributed by atoms with E-state index in [9.17, 15) is 38.7 Å². The number of nitrogens with one attached hydrogen (secondary N) is 5. The Kier molecular flexibility index (Phi) is 19.9. The van der Waals surface area contributed by atoms with Gasteiger partial charge in [0.05, 0.1) is 12.1 Å². The molecular weight excluding hydrogens is 658 g/mol. The molecule has 1 unspecified atom stereocenters. The van der Waals surface area contributed by atoms with Gasteiger partial charge in [0.15, 0.2) is 0 Å². The van der Waals surface area contributed by atoms with Crippen molar-refractivity contribution in [2.45, 2.75) is 150 Å². The molecule has 0 bridgehead atoms. The van der Waals surface area contributed by atoms with Gasteiger partial charge in [-0.05, 0) is 69.2 Å². The highest BCUT2D eigenvalue weighted by Crippen LogP contribution is 2.21. The summed E-state index contributed by atoms with van der Waals surface area (Å²) in [6.07, 6.45) is 2.97. The monoisotopic (exact) mass is 723 g/mol. The summed E-state index contributed by atoms with van der Waals surface area (Å²) in [5.41, 5.74) is 5.53. The van der Waals surface area contributed by atoms with Crippen molar-refractivity contribution >= 4 is 41.7 Å². The zero-order valence-electron chi connectivity index (χ0n) is 32.1. The molecule has 7 atom stereocenters. The van der Waals surface area contributed by atoms with Crippen molar-refractivity contribution in [3.05, 3.63) is 0 Å². The second kappa shape index (κ2) is 22.4. The molecule has 0 aliphatic carbocycles. The molecule has 1 fully saturated rings. The molecule has 1 rings (SSSR count). The average Bonchev–Trinajstić information content (AvgIpc) is 3.54. The molecule has 1 aliphatic heterocycles. The minimum absolute atomic E-state index is 0.252. The van der Waals surface area contributed by atoms with E-state index in [0.717, 1.165) is 6.42 Å². The normalized spacial score (nSPS) is 18.1. The first-order valence-corrected chi connectivity index (χ1v) is 18.5. The second-order valence-electron chi connectivity index (χ2n) is 15.1. The predicted octanol–water partition coefficient (Wildman–Crippen LogP) is 0.514. The highest BCUT2D eigenvalue weighted by molar-refractivity contribution is 5.97. The zero-order chi connectivity index (χ0) is 39.0. The smallest absolute Gasteiger partial charge is 0.246 e. The third-order valence-corrected chi connectivity index (χ3v) is 9.04. The molecule has 15 heteroatoms. The zero-order valence-corrected chi connectivity index (χ0v) is 32.1. The summed E-state index contributed by atoms with van der Waals surface area (Å²) in [4.78, 5) is 93.0. The highest BCUT2D eigenvalue weighted by Gasteiger charge is 2.41. The highest BCUT2D eigenvalue weighted by atomic mass is 16.3. The molecular formula is C36H65N7O8. The fourth-order valence-electron chi connectivity index (χ4n) is 5.91. The largest absolute Gasteiger partial charge is 0.391 e. The van der Waals surface area contributed by atoms with Crippen LogP contribution in [0.1, 0.15) is 107 Å². The van der Waals surface area contributed by atoms with Crippen LogP contribution in [-0.2, 0) is 33.6 Å². The van der Waals surface area contributed by atoms with Crippen molar-refractivity contribution in [3.63, 3.8) is 0 Å². The summed E-state index contributed by atoms with van der Waals surface area (Å²) in [7, 11) is 0. The minimum Gasteiger partial charge on any atom is -0.391 e. The van der Waals surface area contributed by atoms with Crippen LogP contribution in [-0.4, -0.2) is 107 Å². The molecule has 292 valence electrons. The van der Waals surface area contributed by atoms with Crippen LogP contribution < -0.4 is 32.3 Å². The SMILES string of the molecule is CC(C)CCCC(=O)N[C@@H](C(=O)N[C@H](C(=O)N[C@H](C(=O)N[C@@H](C(=O)N1CCC[C@@H]1C(=O)N[C@H](C=O)CCCN)C(C)C)C(C)C)C(C)O)C(C)C. The lowest BCUT2D eigenvalue weighted by molar-refractivity contribution is -0.143. The van der Waals surface area contributed by atoms with Gasteiger partial charge in [0, 0.05) is 13.0 Å². The Balaban J connectivity index is 3.07. The van der Waals surface area contributed by atoms with Crippen molar-refractivity contribution in [3.8, 4) is 0 Å². The van der Waals surface area contributed by atoms with E-state index in [-0.39, 0.29) is 24.2 Å². The molecule has 0 spiro atoms. The topological polar surface area (TPSA) is 229 Å². The summed E-state index contributed by atoms with van der Waals surface area (Å²) in [6.45, 7) is 16.5. The first kappa shape index (κ1) is 45.4. The van der Waals surface area contributed by atoms with E-state index in [1.807, 2.05) is 0 Å². The van der Waals surface area contributed by atoms with Gasteiger partial charge in [0.2, 0.25) is 35.4 Å². The summed E-state index contributed by atoms with van der Waals surface area (Å²) in [5, 5.41) is 23.9. The minimum atomic E-state index is -1.45. The van der Waals surface area contributed by atoms with E-state index >= 15 is 0 Å². The number of hydrogen-bond donors (Lipinski definition) is 7.